The Labute approximate surface area is 111 Å². The molecule has 1 N–H and O–H groups in total. The zero-order valence-electron chi connectivity index (χ0n) is 11.0. The molecule has 0 saturated heterocycles. The Morgan fingerprint density at radius 2 is 2.37 bits per heavy atom. The van der Waals surface area contributed by atoms with E-state index in [1.165, 1.54) is 17.9 Å². The van der Waals surface area contributed by atoms with Crippen molar-refractivity contribution in [3.05, 3.63) is 35.8 Å². The van der Waals surface area contributed by atoms with Gasteiger partial charge in [-0.15, -0.1) is 0 Å². The van der Waals surface area contributed by atoms with E-state index in [-0.39, 0.29) is 0 Å². The molecule has 6 heteroatoms. The molecule has 0 amide bonds. The molecule has 0 fully saturated rings. The molecule has 3 rings (SSSR count). The Morgan fingerprint density at radius 1 is 1.42 bits per heavy atom. The molecule has 0 radical (unpaired) electrons. The summed E-state index contributed by atoms with van der Waals surface area (Å²) >= 11 is 0. The number of hydrogen-bond acceptors (Lipinski definition) is 5. The van der Waals surface area contributed by atoms with Crippen molar-refractivity contribution in [2.75, 3.05) is 12.4 Å². The number of fused-ring (bicyclic) bond motifs is 1. The largest absolute Gasteiger partial charge is 0.377 e. The smallest absolute Gasteiger partial charge is 0.156 e. The molecular weight excluding hydrogens is 242 g/mol. The summed E-state index contributed by atoms with van der Waals surface area (Å²) in [6, 6.07) is 1.86. The number of nitrogens with zero attached hydrogens (tertiary/aromatic N) is 4. The molecule has 0 aliphatic carbocycles. The lowest BCUT2D eigenvalue weighted by atomic mass is 10.3. The molecule has 0 bridgehead atoms. The molecule has 3 heterocycles. The number of aryl methyl sites for hydroxylation is 1. The van der Waals surface area contributed by atoms with E-state index in [2.05, 4.69) is 24.8 Å². The van der Waals surface area contributed by atoms with Gasteiger partial charge in [0.15, 0.2) is 5.82 Å². The summed E-state index contributed by atoms with van der Waals surface area (Å²) < 4.78 is 7.31. The Balaban J connectivity index is 1.67. The van der Waals surface area contributed by atoms with E-state index in [9.17, 15) is 0 Å². The zero-order chi connectivity index (χ0) is 13.1. The highest BCUT2D eigenvalue weighted by atomic mass is 16.5. The predicted octanol–water partition coefficient (Wildman–Crippen LogP) is 1.38. The highest BCUT2D eigenvalue weighted by molar-refractivity contribution is 5.33. The van der Waals surface area contributed by atoms with Gasteiger partial charge in [0, 0.05) is 26.3 Å². The van der Waals surface area contributed by atoms with Crippen molar-refractivity contribution in [3.63, 3.8) is 0 Å². The standard InChI is InChI=1S/C13H17N5O/c1-19-9-12-14-5-4-11(17-12)15-7-10-8-16-13-3-2-6-18(10)13/h4-5,8H,2-3,6-7,9H2,1H3,(H,14,15,17). The summed E-state index contributed by atoms with van der Waals surface area (Å²) in [5.74, 6) is 2.70. The summed E-state index contributed by atoms with van der Waals surface area (Å²) in [6.07, 6.45) is 5.97. The van der Waals surface area contributed by atoms with Crippen LogP contribution in [0.2, 0.25) is 0 Å². The molecule has 0 saturated carbocycles. The van der Waals surface area contributed by atoms with Gasteiger partial charge < -0.3 is 14.6 Å². The Hall–Kier alpha value is -1.95. The van der Waals surface area contributed by atoms with Crippen molar-refractivity contribution < 1.29 is 4.74 Å². The first-order chi connectivity index (χ1) is 9.36. The van der Waals surface area contributed by atoms with Gasteiger partial charge in [-0.25, -0.2) is 15.0 Å². The maximum Gasteiger partial charge on any atom is 0.156 e. The lowest BCUT2D eigenvalue weighted by molar-refractivity contribution is 0.178. The number of methoxy groups -OCH3 is 1. The Morgan fingerprint density at radius 3 is 3.26 bits per heavy atom. The van der Waals surface area contributed by atoms with E-state index in [0.717, 1.165) is 25.3 Å². The third-order valence-corrected chi connectivity index (χ3v) is 3.23. The maximum atomic E-state index is 5.03. The normalized spacial score (nSPS) is 13.5. The lowest BCUT2D eigenvalue weighted by Gasteiger charge is -2.08. The number of nitrogens with one attached hydrogen (secondary N) is 1. The summed E-state index contributed by atoms with van der Waals surface area (Å²) in [6.45, 7) is 2.24. The van der Waals surface area contributed by atoms with Gasteiger partial charge in [0.1, 0.15) is 18.2 Å². The van der Waals surface area contributed by atoms with Gasteiger partial charge in [-0.2, -0.15) is 0 Å². The van der Waals surface area contributed by atoms with Crippen LogP contribution >= 0.6 is 0 Å². The quantitative estimate of drug-likeness (QED) is 0.878. The van der Waals surface area contributed by atoms with Crippen LogP contribution in [0.3, 0.4) is 0 Å². The van der Waals surface area contributed by atoms with E-state index in [1.54, 1.807) is 13.3 Å². The predicted molar refractivity (Wildman–Crippen MR) is 70.6 cm³/mol. The second-order valence-electron chi connectivity index (χ2n) is 4.57. The third-order valence-electron chi connectivity index (χ3n) is 3.23. The molecule has 100 valence electrons. The molecule has 6 nitrogen and oxygen atoms in total. The SMILES string of the molecule is COCc1nccc(NCc2cnc3n2CCC3)n1. The fourth-order valence-corrected chi connectivity index (χ4v) is 2.34. The number of anilines is 1. The maximum absolute atomic E-state index is 5.03. The number of hydrogen-bond donors (Lipinski definition) is 1. The number of aromatic nitrogens is 4. The van der Waals surface area contributed by atoms with Crippen LogP contribution in [-0.4, -0.2) is 26.6 Å². The van der Waals surface area contributed by atoms with Crippen LogP contribution in [0.15, 0.2) is 18.5 Å². The highest BCUT2D eigenvalue weighted by Crippen LogP contribution is 2.16. The number of imidazole rings is 1. The molecule has 0 unspecified atom stereocenters. The summed E-state index contributed by atoms with van der Waals surface area (Å²) in [4.78, 5) is 12.9. The van der Waals surface area contributed by atoms with E-state index >= 15 is 0 Å². The van der Waals surface area contributed by atoms with Crippen LogP contribution in [0, 0.1) is 0 Å². The van der Waals surface area contributed by atoms with E-state index in [0.29, 0.717) is 12.4 Å². The Kier molecular flexibility index (Phi) is 3.41. The second-order valence-corrected chi connectivity index (χ2v) is 4.57. The van der Waals surface area contributed by atoms with E-state index < -0.39 is 0 Å². The first-order valence-corrected chi connectivity index (χ1v) is 6.45. The van der Waals surface area contributed by atoms with Crippen LogP contribution < -0.4 is 5.32 Å². The highest BCUT2D eigenvalue weighted by Gasteiger charge is 2.15. The third kappa shape index (κ3) is 2.58. The molecule has 0 aromatic carbocycles. The monoisotopic (exact) mass is 259 g/mol. The van der Waals surface area contributed by atoms with Crippen molar-refractivity contribution >= 4 is 5.82 Å². The van der Waals surface area contributed by atoms with Crippen molar-refractivity contribution in [1.29, 1.82) is 0 Å². The van der Waals surface area contributed by atoms with Crippen molar-refractivity contribution in [1.82, 2.24) is 19.5 Å². The zero-order valence-corrected chi connectivity index (χ0v) is 11.0. The minimum absolute atomic E-state index is 0.428. The van der Waals surface area contributed by atoms with Gasteiger partial charge >= 0.3 is 0 Å². The van der Waals surface area contributed by atoms with Crippen molar-refractivity contribution in [2.24, 2.45) is 0 Å². The van der Waals surface area contributed by atoms with Gasteiger partial charge in [-0.05, 0) is 12.5 Å². The molecule has 19 heavy (non-hydrogen) atoms. The molecule has 1 aliphatic rings. The summed E-state index contributed by atoms with van der Waals surface area (Å²) in [7, 11) is 1.64. The first-order valence-electron chi connectivity index (χ1n) is 6.45. The minimum Gasteiger partial charge on any atom is -0.377 e. The average Bonchev–Trinajstić information content (AvgIpc) is 3.00. The van der Waals surface area contributed by atoms with E-state index in [4.69, 9.17) is 4.74 Å². The summed E-state index contributed by atoms with van der Waals surface area (Å²) in [5.41, 5.74) is 1.21. The van der Waals surface area contributed by atoms with Gasteiger partial charge in [0.25, 0.3) is 0 Å². The topological polar surface area (TPSA) is 64.9 Å². The molecule has 0 atom stereocenters. The summed E-state index contributed by atoms with van der Waals surface area (Å²) in [5, 5.41) is 3.31. The van der Waals surface area contributed by atoms with Crippen LogP contribution in [0.4, 0.5) is 5.82 Å². The fourth-order valence-electron chi connectivity index (χ4n) is 2.34. The van der Waals surface area contributed by atoms with Gasteiger partial charge in [0.05, 0.1) is 18.4 Å². The molecule has 0 spiro atoms. The van der Waals surface area contributed by atoms with Crippen molar-refractivity contribution in [2.45, 2.75) is 32.5 Å². The molecule has 1 aliphatic heterocycles. The van der Waals surface area contributed by atoms with Crippen molar-refractivity contribution in [3.8, 4) is 0 Å². The molecular formula is C13H17N5O. The number of rotatable bonds is 5. The van der Waals surface area contributed by atoms with Gasteiger partial charge in [0.2, 0.25) is 0 Å². The average molecular weight is 259 g/mol. The lowest BCUT2D eigenvalue weighted by Crippen LogP contribution is -2.08. The molecule has 2 aromatic heterocycles. The van der Waals surface area contributed by atoms with E-state index in [1.807, 2.05) is 12.3 Å². The first kappa shape index (κ1) is 12.1. The fraction of sp³-hybridized carbons (Fsp3) is 0.462. The number of ether oxygens (including phenoxy) is 1. The van der Waals surface area contributed by atoms with Crippen LogP contribution in [0.5, 0.6) is 0 Å². The van der Waals surface area contributed by atoms with Crippen LogP contribution in [0.25, 0.3) is 0 Å². The Bertz CT molecular complexity index is 566. The van der Waals surface area contributed by atoms with Gasteiger partial charge in [-0.1, -0.05) is 0 Å². The van der Waals surface area contributed by atoms with Crippen LogP contribution in [0.1, 0.15) is 23.8 Å². The van der Waals surface area contributed by atoms with Gasteiger partial charge in [-0.3, -0.25) is 0 Å². The minimum atomic E-state index is 0.428. The van der Waals surface area contributed by atoms with Crippen LogP contribution in [-0.2, 0) is 30.9 Å². The molecule has 2 aromatic rings. The second kappa shape index (κ2) is 5.36.